The monoisotopic (exact) mass is 255 g/mol. The number of nitrogens with two attached hydrogens (primary N) is 1. The maximum Gasteiger partial charge on any atom is 0.0513 e. The van der Waals surface area contributed by atoms with Crippen LogP contribution in [0.2, 0.25) is 0 Å². The summed E-state index contributed by atoms with van der Waals surface area (Å²) in [4.78, 5) is 5.11. The van der Waals surface area contributed by atoms with E-state index in [2.05, 4.69) is 30.7 Å². The van der Waals surface area contributed by atoms with Crippen molar-refractivity contribution in [3.8, 4) is 0 Å². The van der Waals surface area contributed by atoms with Gasteiger partial charge in [0.05, 0.1) is 6.61 Å². The molecule has 2 N–H and O–H groups in total. The standard InChI is InChI=1S/C14H29N3O/c1-4-13-9-17(7-6-16(13)3)14(2,11-15)12-5-8-18-10-12/h12-13H,4-11,15H2,1-3H3. The van der Waals surface area contributed by atoms with Gasteiger partial charge >= 0.3 is 0 Å². The van der Waals surface area contributed by atoms with Crippen LogP contribution in [-0.2, 0) is 4.74 Å². The summed E-state index contributed by atoms with van der Waals surface area (Å²) in [7, 11) is 2.24. The van der Waals surface area contributed by atoms with E-state index >= 15 is 0 Å². The molecule has 0 aromatic rings. The number of hydrogen-bond acceptors (Lipinski definition) is 4. The second-order valence-corrected chi connectivity index (χ2v) is 6.11. The van der Waals surface area contributed by atoms with Crippen LogP contribution >= 0.6 is 0 Å². The summed E-state index contributed by atoms with van der Waals surface area (Å²) in [5.41, 5.74) is 6.24. The maximum absolute atomic E-state index is 6.13. The van der Waals surface area contributed by atoms with Crippen molar-refractivity contribution in [3.63, 3.8) is 0 Å². The Morgan fingerprint density at radius 2 is 2.17 bits per heavy atom. The third-order valence-electron chi connectivity index (χ3n) is 5.19. The summed E-state index contributed by atoms with van der Waals surface area (Å²) in [6, 6.07) is 0.673. The van der Waals surface area contributed by atoms with Crippen molar-refractivity contribution in [2.75, 3.05) is 46.4 Å². The highest BCUT2D eigenvalue weighted by Gasteiger charge is 2.42. The molecule has 0 saturated carbocycles. The van der Waals surface area contributed by atoms with Gasteiger partial charge in [0.1, 0.15) is 0 Å². The van der Waals surface area contributed by atoms with Gasteiger partial charge in [0.15, 0.2) is 0 Å². The smallest absolute Gasteiger partial charge is 0.0513 e. The second kappa shape index (κ2) is 5.87. The van der Waals surface area contributed by atoms with Gasteiger partial charge in [0.2, 0.25) is 0 Å². The number of ether oxygens (including phenoxy) is 1. The lowest BCUT2D eigenvalue weighted by atomic mass is 9.82. The van der Waals surface area contributed by atoms with E-state index < -0.39 is 0 Å². The highest BCUT2D eigenvalue weighted by molar-refractivity contribution is 4.98. The first kappa shape index (κ1) is 14.3. The minimum absolute atomic E-state index is 0.116. The van der Waals surface area contributed by atoms with E-state index in [1.165, 1.54) is 6.42 Å². The Bertz CT molecular complexity index is 268. The Morgan fingerprint density at radius 1 is 1.39 bits per heavy atom. The summed E-state index contributed by atoms with van der Waals surface area (Å²) < 4.78 is 5.58. The Labute approximate surface area is 111 Å². The highest BCUT2D eigenvalue weighted by Crippen LogP contribution is 2.32. The molecule has 0 aromatic carbocycles. The largest absolute Gasteiger partial charge is 0.381 e. The van der Waals surface area contributed by atoms with E-state index in [-0.39, 0.29) is 5.54 Å². The molecule has 0 radical (unpaired) electrons. The first-order chi connectivity index (χ1) is 8.61. The quantitative estimate of drug-likeness (QED) is 0.805. The van der Waals surface area contributed by atoms with Gasteiger partial charge in [0, 0.05) is 50.3 Å². The predicted octanol–water partition coefficient (Wildman–Crippen LogP) is 0.766. The van der Waals surface area contributed by atoms with Gasteiger partial charge in [-0.15, -0.1) is 0 Å². The molecule has 0 aliphatic carbocycles. The fourth-order valence-electron chi connectivity index (χ4n) is 3.43. The fraction of sp³-hybridized carbons (Fsp3) is 1.00. The Kier molecular flexibility index (Phi) is 4.64. The molecular weight excluding hydrogens is 226 g/mol. The van der Waals surface area contributed by atoms with Gasteiger partial charge in [-0.05, 0) is 26.8 Å². The van der Waals surface area contributed by atoms with Crippen LogP contribution in [0, 0.1) is 5.92 Å². The lowest BCUT2D eigenvalue weighted by molar-refractivity contribution is -0.0123. The molecule has 2 fully saturated rings. The minimum atomic E-state index is 0.116. The SMILES string of the molecule is CCC1CN(C(C)(CN)C2CCOC2)CCN1C. The molecule has 2 heterocycles. The number of rotatable bonds is 4. The van der Waals surface area contributed by atoms with Crippen LogP contribution in [0.25, 0.3) is 0 Å². The van der Waals surface area contributed by atoms with E-state index in [1.54, 1.807) is 0 Å². The summed E-state index contributed by atoms with van der Waals surface area (Å²) in [6.45, 7) is 10.6. The summed E-state index contributed by atoms with van der Waals surface area (Å²) in [5.74, 6) is 0.600. The lowest BCUT2D eigenvalue weighted by Crippen LogP contribution is -2.64. The van der Waals surface area contributed by atoms with Gasteiger partial charge in [0.25, 0.3) is 0 Å². The number of nitrogens with zero attached hydrogens (tertiary/aromatic N) is 2. The van der Waals surface area contributed by atoms with Crippen molar-refractivity contribution in [1.29, 1.82) is 0 Å². The fourth-order valence-corrected chi connectivity index (χ4v) is 3.43. The van der Waals surface area contributed by atoms with Crippen LogP contribution in [0.4, 0.5) is 0 Å². The van der Waals surface area contributed by atoms with Crippen molar-refractivity contribution in [2.45, 2.75) is 38.3 Å². The van der Waals surface area contributed by atoms with Gasteiger partial charge in [-0.25, -0.2) is 0 Å². The van der Waals surface area contributed by atoms with Gasteiger partial charge < -0.3 is 15.4 Å². The number of piperazine rings is 1. The van der Waals surface area contributed by atoms with Crippen LogP contribution in [-0.4, -0.2) is 67.8 Å². The van der Waals surface area contributed by atoms with Crippen LogP contribution in [0.5, 0.6) is 0 Å². The Hall–Kier alpha value is -0.160. The molecule has 2 rings (SSSR count). The average molecular weight is 255 g/mol. The van der Waals surface area contributed by atoms with Crippen LogP contribution in [0.15, 0.2) is 0 Å². The van der Waals surface area contributed by atoms with Crippen molar-refractivity contribution >= 4 is 0 Å². The highest BCUT2D eigenvalue weighted by atomic mass is 16.5. The molecule has 0 aromatic heterocycles. The van der Waals surface area contributed by atoms with Gasteiger partial charge in [-0.2, -0.15) is 0 Å². The van der Waals surface area contributed by atoms with Gasteiger partial charge in [-0.1, -0.05) is 6.92 Å². The predicted molar refractivity (Wildman–Crippen MR) is 74.7 cm³/mol. The van der Waals surface area contributed by atoms with E-state index in [0.29, 0.717) is 12.0 Å². The maximum atomic E-state index is 6.13. The van der Waals surface area contributed by atoms with E-state index in [4.69, 9.17) is 10.5 Å². The molecule has 0 spiro atoms. The Balaban J connectivity index is 2.07. The molecule has 2 aliphatic heterocycles. The van der Waals surface area contributed by atoms with Crippen molar-refractivity contribution in [2.24, 2.45) is 11.7 Å². The molecule has 18 heavy (non-hydrogen) atoms. The molecule has 4 heteroatoms. The molecule has 3 unspecified atom stereocenters. The average Bonchev–Trinajstić information content (AvgIpc) is 2.92. The topological polar surface area (TPSA) is 41.7 Å². The van der Waals surface area contributed by atoms with Crippen molar-refractivity contribution in [3.05, 3.63) is 0 Å². The molecule has 3 atom stereocenters. The van der Waals surface area contributed by atoms with E-state index in [1.807, 2.05) is 0 Å². The number of hydrogen-bond donors (Lipinski definition) is 1. The second-order valence-electron chi connectivity index (χ2n) is 6.11. The third kappa shape index (κ3) is 2.57. The van der Waals surface area contributed by atoms with Crippen molar-refractivity contribution in [1.82, 2.24) is 9.80 Å². The van der Waals surface area contributed by atoms with Crippen LogP contribution in [0.1, 0.15) is 26.7 Å². The number of likely N-dealkylation sites (N-methyl/N-ethyl adjacent to an activating group) is 1. The van der Waals surface area contributed by atoms with Crippen LogP contribution in [0.3, 0.4) is 0 Å². The zero-order valence-electron chi connectivity index (χ0n) is 12.2. The van der Waals surface area contributed by atoms with Crippen LogP contribution < -0.4 is 5.73 Å². The minimum Gasteiger partial charge on any atom is -0.381 e. The zero-order valence-corrected chi connectivity index (χ0v) is 12.2. The molecule has 0 amide bonds. The summed E-state index contributed by atoms with van der Waals surface area (Å²) in [6.07, 6.45) is 2.38. The van der Waals surface area contributed by atoms with E-state index in [9.17, 15) is 0 Å². The molecular formula is C14H29N3O. The first-order valence-corrected chi connectivity index (χ1v) is 7.35. The normalized spacial score (nSPS) is 34.7. The molecule has 106 valence electrons. The third-order valence-corrected chi connectivity index (χ3v) is 5.19. The van der Waals surface area contributed by atoms with E-state index in [0.717, 1.165) is 45.8 Å². The summed E-state index contributed by atoms with van der Waals surface area (Å²) in [5, 5.41) is 0. The molecule has 0 bridgehead atoms. The zero-order chi connectivity index (χ0) is 13.2. The van der Waals surface area contributed by atoms with Gasteiger partial charge in [-0.3, -0.25) is 4.90 Å². The first-order valence-electron chi connectivity index (χ1n) is 7.35. The molecule has 4 nitrogen and oxygen atoms in total. The lowest BCUT2D eigenvalue weighted by Gasteiger charge is -2.50. The Morgan fingerprint density at radius 3 is 2.72 bits per heavy atom. The molecule has 2 aliphatic rings. The molecule has 2 saturated heterocycles. The summed E-state index contributed by atoms with van der Waals surface area (Å²) >= 11 is 0. The van der Waals surface area contributed by atoms with Crippen molar-refractivity contribution < 1.29 is 4.74 Å².